The number of methoxy groups -OCH3 is 1. The number of ether oxygens (including phenoxy) is 1. The molecular formula is C24H26N4O4. The number of carbonyl (C=O) groups excluding carboxylic acids is 2. The van der Waals surface area contributed by atoms with E-state index in [1.165, 1.54) is 7.11 Å². The van der Waals surface area contributed by atoms with Crippen molar-refractivity contribution in [3.05, 3.63) is 81.5 Å². The number of hydrogen-bond donors (Lipinski definition) is 2. The molecule has 166 valence electrons. The summed E-state index contributed by atoms with van der Waals surface area (Å²) in [6.45, 7) is 3.71. The highest BCUT2D eigenvalue weighted by Gasteiger charge is 2.20. The lowest BCUT2D eigenvalue weighted by molar-refractivity contribution is -0.141. The molecular weight excluding hydrogens is 408 g/mol. The zero-order valence-electron chi connectivity index (χ0n) is 18.3. The molecule has 0 fully saturated rings. The highest BCUT2D eigenvalue weighted by atomic mass is 16.5. The minimum atomic E-state index is -0.512. The Morgan fingerprint density at radius 1 is 1.09 bits per heavy atom. The highest BCUT2D eigenvalue weighted by Crippen LogP contribution is 2.19. The van der Waals surface area contributed by atoms with Gasteiger partial charge < -0.3 is 15.0 Å². The summed E-state index contributed by atoms with van der Waals surface area (Å²) in [5, 5.41) is 2.89. The minimum absolute atomic E-state index is 0.0209. The van der Waals surface area contributed by atoms with Crippen LogP contribution >= 0.6 is 0 Å². The highest BCUT2D eigenvalue weighted by molar-refractivity contribution is 5.78. The standard InChI is InChI=1S/C24H26N4O4/c1-15-4-6-17(7-5-15)20(14-22(30)32-3)27-21(29)9-8-19-16(2)26-23(28-24(19)31)18-10-12-25-13-11-18/h4-7,10-13,20H,8-9,14H2,1-3H3,(H,27,29)(H,26,28,31). The summed E-state index contributed by atoms with van der Waals surface area (Å²) in [6, 6.07) is 10.6. The van der Waals surface area contributed by atoms with Gasteiger partial charge >= 0.3 is 5.97 Å². The Morgan fingerprint density at radius 3 is 2.41 bits per heavy atom. The lowest BCUT2D eigenvalue weighted by atomic mass is 10.0. The molecule has 0 aliphatic rings. The molecule has 1 atom stereocenters. The number of pyridine rings is 1. The summed E-state index contributed by atoms with van der Waals surface area (Å²) in [7, 11) is 1.31. The molecule has 1 aromatic carbocycles. The lowest BCUT2D eigenvalue weighted by Crippen LogP contribution is -2.31. The van der Waals surface area contributed by atoms with Crippen molar-refractivity contribution in [2.45, 2.75) is 39.2 Å². The van der Waals surface area contributed by atoms with Crippen molar-refractivity contribution in [3.8, 4) is 11.4 Å². The second-order valence-electron chi connectivity index (χ2n) is 7.53. The predicted octanol–water partition coefficient (Wildman–Crippen LogP) is 2.80. The van der Waals surface area contributed by atoms with Crippen molar-refractivity contribution in [2.75, 3.05) is 7.11 Å². The van der Waals surface area contributed by atoms with Crippen LogP contribution in [0.4, 0.5) is 0 Å². The number of carbonyl (C=O) groups is 2. The molecule has 1 unspecified atom stereocenters. The van der Waals surface area contributed by atoms with E-state index >= 15 is 0 Å². The number of nitrogens with zero attached hydrogens (tertiary/aromatic N) is 2. The maximum absolute atomic E-state index is 12.6. The first-order valence-corrected chi connectivity index (χ1v) is 10.3. The van der Waals surface area contributed by atoms with E-state index in [1.54, 1.807) is 31.5 Å². The van der Waals surface area contributed by atoms with Crippen molar-refractivity contribution < 1.29 is 14.3 Å². The van der Waals surface area contributed by atoms with Gasteiger partial charge in [0.1, 0.15) is 5.82 Å². The van der Waals surface area contributed by atoms with Crippen molar-refractivity contribution in [1.82, 2.24) is 20.3 Å². The summed E-state index contributed by atoms with van der Waals surface area (Å²) in [6.07, 6.45) is 3.59. The first-order chi connectivity index (χ1) is 15.4. The monoisotopic (exact) mass is 434 g/mol. The molecule has 32 heavy (non-hydrogen) atoms. The van der Waals surface area contributed by atoms with Crippen LogP contribution < -0.4 is 10.9 Å². The van der Waals surface area contributed by atoms with Gasteiger partial charge in [-0.15, -0.1) is 0 Å². The van der Waals surface area contributed by atoms with Crippen molar-refractivity contribution in [3.63, 3.8) is 0 Å². The van der Waals surface area contributed by atoms with Gasteiger partial charge in [0.05, 0.1) is 19.6 Å². The van der Waals surface area contributed by atoms with E-state index < -0.39 is 12.0 Å². The molecule has 8 nitrogen and oxygen atoms in total. The predicted molar refractivity (Wildman–Crippen MR) is 120 cm³/mol. The Morgan fingerprint density at radius 2 is 1.78 bits per heavy atom. The van der Waals surface area contributed by atoms with Gasteiger partial charge in [-0.2, -0.15) is 0 Å². The third-order valence-corrected chi connectivity index (χ3v) is 5.19. The van der Waals surface area contributed by atoms with Crippen LogP contribution in [0.3, 0.4) is 0 Å². The minimum Gasteiger partial charge on any atom is -0.469 e. The molecule has 0 aliphatic carbocycles. The maximum Gasteiger partial charge on any atom is 0.307 e. The van der Waals surface area contributed by atoms with E-state index in [1.807, 2.05) is 31.2 Å². The zero-order valence-corrected chi connectivity index (χ0v) is 18.3. The van der Waals surface area contributed by atoms with Crippen LogP contribution in [0.2, 0.25) is 0 Å². The van der Waals surface area contributed by atoms with Crippen LogP contribution in [-0.4, -0.2) is 33.9 Å². The molecule has 3 aromatic rings. The second kappa shape index (κ2) is 10.5. The number of benzene rings is 1. The topological polar surface area (TPSA) is 114 Å². The normalized spacial score (nSPS) is 11.6. The fourth-order valence-electron chi connectivity index (χ4n) is 3.36. The molecule has 2 N–H and O–H groups in total. The largest absolute Gasteiger partial charge is 0.469 e. The van der Waals surface area contributed by atoms with Crippen molar-refractivity contribution in [2.24, 2.45) is 0 Å². The van der Waals surface area contributed by atoms with Crippen LogP contribution in [0.15, 0.2) is 53.6 Å². The quantitative estimate of drug-likeness (QED) is 0.527. The Labute approximate surface area is 186 Å². The SMILES string of the molecule is COC(=O)CC(NC(=O)CCc1c(C)nc(-c2ccncc2)[nH]c1=O)c1ccc(C)cc1. The van der Waals surface area contributed by atoms with Crippen LogP contribution in [-0.2, 0) is 20.7 Å². The number of aromatic amines is 1. The lowest BCUT2D eigenvalue weighted by Gasteiger charge is -2.18. The Bertz CT molecular complexity index is 1140. The molecule has 0 spiro atoms. The first-order valence-electron chi connectivity index (χ1n) is 10.3. The third-order valence-electron chi connectivity index (χ3n) is 5.19. The molecule has 8 heteroatoms. The van der Waals surface area contributed by atoms with Gasteiger partial charge in [0.25, 0.3) is 5.56 Å². The van der Waals surface area contributed by atoms with Crippen LogP contribution in [0, 0.1) is 13.8 Å². The number of hydrogen-bond acceptors (Lipinski definition) is 6. The van der Waals surface area contributed by atoms with Gasteiger partial charge in [-0.3, -0.25) is 19.4 Å². The smallest absolute Gasteiger partial charge is 0.307 e. The van der Waals surface area contributed by atoms with Gasteiger partial charge in [0.15, 0.2) is 0 Å². The van der Waals surface area contributed by atoms with Crippen molar-refractivity contribution >= 4 is 11.9 Å². The van der Waals surface area contributed by atoms with E-state index in [2.05, 4.69) is 20.3 Å². The van der Waals surface area contributed by atoms with E-state index in [0.717, 1.165) is 16.7 Å². The van der Waals surface area contributed by atoms with E-state index in [9.17, 15) is 14.4 Å². The molecule has 3 rings (SSSR count). The number of esters is 1. The third kappa shape index (κ3) is 5.87. The van der Waals surface area contributed by atoms with E-state index in [-0.39, 0.29) is 30.7 Å². The molecule has 0 radical (unpaired) electrons. The number of aromatic nitrogens is 3. The van der Waals surface area contributed by atoms with Gasteiger partial charge in [-0.25, -0.2) is 4.98 Å². The molecule has 2 aromatic heterocycles. The van der Waals surface area contributed by atoms with Crippen LogP contribution in [0.25, 0.3) is 11.4 Å². The Kier molecular flexibility index (Phi) is 7.49. The molecule has 0 bridgehead atoms. The number of rotatable bonds is 8. The maximum atomic E-state index is 12.6. The summed E-state index contributed by atoms with van der Waals surface area (Å²) in [4.78, 5) is 48.3. The molecule has 1 amide bonds. The summed E-state index contributed by atoms with van der Waals surface area (Å²) in [5.74, 6) is -0.226. The second-order valence-corrected chi connectivity index (χ2v) is 7.53. The number of amides is 1. The Hall–Kier alpha value is -3.81. The van der Waals surface area contributed by atoms with E-state index in [0.29, 0.717) is 17.1 Å². The number of H-pyrrole nitrogens is 1. The molecule has 0 aliphatic heterocycles. The molecule has 2 heterocycles. The van der Waals surface area contributed by atoms with E-state index in [4.69, 9.17) is 4.74 Å². The van der Waals surface area contributed by atoms with Gasteiger partial charge in [-0.1, -0.05) is 29.8 Å². The van der Waals surface area contributed by atoms with Gasteiger partial charge in [0.2, 0.25) is 5.91 Å². The van der Waals surface area contributed by atoms with Gasteiger partial charge in [-0.05, 0) is 38.0 Å². The number of nitrogens with one attached hydrogen (secondary N) is 2. The number of aryl methyl sites for hydroxylation is 2. The fraction of sp³-hybridized carbons (Fsp3) is 0.292. The summed E-state index contributed by atoms with van der Waals surface area (Å²) < 4.78 is 4.77. The summed E-state index contributed by atoms with van der Waals surface area (Å²) >= 11 is 0. The first kappa shape index (κ1) is 22.9. The average Bonchev–Trinajstić information content (AvgIpc) is 2.79. The Balaban J connectivity index is 1.70. The van der Waals surface area contributed by atoms with Gasteiger partial charge in [0, 0.05) is 35.6 Å². The average molecular weight is 434 g/mol. The fourth-order valence-corrected chi connectivity index (χ4v) is 3.36. The van der Waals surface area contributed by atoms with Crippen LogP contribution in [0.1, 0.15) is 41.3 Å². The van der Waals surface area contributed by atoms with Crippen LogP contribution in [0.5, 0.6) is 0 Å². The van der Waals surface area contributed by atoms with Crippen molar-refractivity contribution in [1.29, 1.82) is 0 Å². The summed E-state index contributed by atoms with van der Waals surface area (Å²) in [5.41, 5.74) is 3.40. The zero-order chi connectivity index (χ0) is 23.1. The molecule has 0 saturated carbocycles. The molecule has 0 saturated heterocycles.